The molecule has 26 heavy (non-hydrogen) atoms. The first-order chi connectivity index (χ1) is 12.7. The molecule has 2 aliphatic heterocycles. The predicted molar refractivity (Wildman–Crippen MR) is 108 cm³/mol. The number of hydrogen-bond donors (Lipinski definition) is 0. The molecule has 1 amide bonds. The molecule has 0 aromatic heterocycles. The van der Waals surface area contributed by atoms with Crippen LogP contribution in [0.1, 0.15) is 22.6 Å². The molecule has 4 heteroatoms. The molecular weight excluding hydrogens is 362 g/mol. The Labute approximate surface area is 161 Å². The number of amides is 1. The van der Waals surface area contributed by atoms with E-state index in [2.05, 4.69) is 36.4 Å². The van der Waals surface area contributed by atoms with Crippen LogP contribution >= 0.6 is 23.4 Å². The maximum absolute atomic E-state index is 13.3. The number of thioether (sulfide) groups is 1. The summed E-state index contributed by atoms with van der Waals surface area (Å²) in [6.07, 6.45) is 0. The number of benzene rings is 3. The van der Waals surface area contributed by atoms with Crippen LogP contribution in [0, 0.1) is 0 Å². The van der Waals surface area contributed by atoms with Gasteiger partial charge in [-0.25, -0.2) is 0 Å². The Bertz CT molecular complexity index is 989. The van der Waals surface area contributed by atoms with Crippen molar-refractivity contribution in [1.82, 2.24) is 0 Å². The second-order valence-electron chi connectivity index (χ2n) is 6.64. The summed E-state index contributed by atoms with van der Waals surface area (Å²) in [5, 5.41) is 0.708. The van der Waals surface area contributed by atoms with Gasteiger partial charge >= 0.3 is 0 Å². The van der Waals surface area contributed by atoms with Crippen molar-refractivity contribution in [3.05, 3.63) is 101 Å². The lowest BCUT2D eigenvalue weighted by molar-refractivity contribution is -0.127. The van der Waals surface area contributed by atoms with Gasteiger partial charge < -0.3 is 0 Å². The maximum atomic E-state index is 13.3. The third-order valence-corrected chi connectivity index (χ3v) is 7.06. The molecule has 0 radical (unpaired) electrons. The quantitative estimate of drug-likeness (QED) is 0.544. The van der Waals surface area contributed by atoms with E-state index in [1.54, 1.807) is 0 Å². The maximum Gasteiger partial charge on any atom is 0.239 e. The van der Waals surface area contributed by atoms with Crippen LogP contribution < -0.4 is 4.90 Å². The number of carbonyl (C=O) groups excluding carboxylic acids is 1. The Balaban J connectivity index is 1.72. The molecule has 0 N–H and O–H groups in total. The third-order valence-electron chi connectivity index (χ3n) is 5.26. The minimum absolute atomic E-state index is 0.158. The van der Waals surface area contributed by atoms with Gasteiger partial charge in [-0.15, -0.1) is 11.8 Å². The zero-order valence-corrected chi connectivity index (χ0v) is 15.5. The second kappa shape index (κ2) is 5.90. The number of halogens is 1. The number of nitrogens with zero attached hydrogens (tertiary/aromatic N) is 1. The number of para-hydroxylation sites is 1. The highest BCUT2D eigenvalue weighted by molar-refractivity contribution is 7.99. The van der Waals surface area contributed by atoms with Crippen molar-refractivity contribution in [2.45, 2.75) is 16.5 Å². The van der Waals surface area contributed by atoms with Gasteiger partial charge in [0.25, 0.3) is 0 Å². The van der Waals surface area contributed by atoms with Crippen molar-refractivity contribution < 1.29 is 4.79 Å². The molecule has 5 rings (SSSR count). The summed E-state index contributed by atoms with van der Waals surface area (Å²) in [4.78, 5) is 14.9. The van der Waals surface area contributed by atoms with Crippen molar-refractivity contribution in [1.29, 1.82) is 0 Å². The van der Waals surface area contributed by atoms with Crippen molar-refractivity contribution >= 4 is 35.0 Å². The van der Waals surface area contributed by atoms with Gasteiger partial charge in [-0.2, -0.15) is 0 Å². The summed E-state index contributed by atoms with van der Waals surface area (Å²) in [6, 6.07) is 26.2. The molecule has 128 valence electrons. The van der Waals surface area contributed by atoms with Crippen LogP contribution in [0.15, 0.2) is 78.9 Å². The zero-order chi connectivity index (χ0) is 17.7. The monoisotopic (exact) mass is 377 g/mol. The van der Waals surface area contributed by atoms with Crippen LogP contribution in [0.3, 0.4) is 0 Å². The van der Waals surface area contributed by atoms with Gasteiger partial charge in [-0.05, 0) is 34.9 Å². The fourth-order valence-electron chi connectivity index (χ4n) is 4.09. The number of rotatable bonds is 2. The van der Waals surface area contributed by atoms with Crippen molar-refractivity contribution in [3.63, 3.8) is 0 Å². The highest BCUT2D eigenvalue weighted by Crippen LogP contribution is 2.63. The Morgan fingerprint density at radius 1 is 0.923 bits per heavy atom. The molecule has 1 saturated heterocycles. The predicted octanol–water partition coefficient (Wildman–Crippen LogP) is 5.57. The van der Waals surface area contributed by atoms with Gasteiger partial charge in [0, 0.05) is 16.5 Å². The molecule has 2 heterocycles. The molecule has 2 nitrogen and oxygen atoms in total. The minimum atomic E-state index is -0.419. The average Bonchev–Trinajstić information content (AvgIpc) is 2.68. The summed E-state index contributed by atoms with van der Waals surface area (Å²) in [6.45, 7) is 0. The van der Waals surface area contributed by atoms with Gasteiger partial charge in [-0.3, -0.25) is 9.69 Å². The molecule has 2 aliphatic rings. The van der Waals surface area contributed by atoms with E-state index in [4.69, 9.17) is 11.6 Å². The van der Waals surface area contributed by atoms with Crippen LogP contribution in [0.4, 0.5) is 5.69 Å². The summed E-state index contributed by atoms with van der Waals surface area (Å²) in [7, 11) is 0. The molecule has 0 saturated carbocycles. The number of carbonyl (C=O) groups is 1. The van der Waals surface area contributed by atoms with Crippen molar-refractivity contribution in [2.24, 2.45) is 0 Å². The van der Waals surface area contributed by atoms with Crippen LogP contribution in [0.25, 0.3) is 0 Å². The standard InChI is InChI=1S/C22H16ClNOS/c23-18-12-10-17(11-13-18)22-20(15-6-2-1-3-7-15)21(25)24(22)19-9-5-4-8-16(19)14-26-22/h1-13,20H,14H2/t20-,22+/m1/s1. The summed E-state index contributed by atoms with van der Waals surface area (Å²) in [5.74, 6) is 0.848. The molecule has 0 unspecified atom stereocenters. The molecule has 3 aromatic rings. The van der Waals surface area contributed by atoms with Gasteiger partial charge in [0.2, 0.25) is 5.91 Å². The highest BCUT2D eigenvalue weighted by atomic mass is 35.5. The van der Waals surface area contributed by atoms with Crippen molar-refractivity contribution in [3.8, 4) is 0 Å². The SMILES string of the molecule is O=C1[C@@H](c2ccccc2)[C@]2(c3ccc(Cl)cc3)SCc3ccccc3N12. The second-order valence-corrected chi connectivity index (χ2v) is 8.27. The van der Waals surface area contributed by atoms with Gasteiger partial charge in [-0.1, -0.05) is 72.3 Å². The summed E-state index contributed by atoms with van der Waals surface area (Å²) >= 11 is 7.96. The van der Waals surface area contributed by atoms with Gasteiger partial charge in [0.15, 0.2) is 0 Å². The third kappa shape index (κ3) is 2.11. The van der Waals surface area contributed by atoms with E-state index >= 15 is 0 Å². The van der Waals surface area contributed by atoms with Gasteiger partial charge in [0.05, 0.1) is 0 Å². The number of fused-ring (bicyclic) bond motifs is 3. The Kier molecular flexibility index (Phi) is 3.63. The summed E-state index contributed by atoms with van der Waals surface area (Å²) in [5.41, 5.74) is 4.42. The molecule has 0 spiro atoms. The van der Waals surface area contributed by atoms with E-state index in [9.17, 15) is 4.79 Å². The number of β-lactam (4-membered cyclic amide) rings is 1. The largest absolute Gasteiger partial charge is 0.291 e. The van der Waals surface area contributed by atoms with E-state index < -0.39 is 4.87 Å². The smallest absolute Gasteiger partial charge is 0.239 e. The lowest BCUT2D eigenvalue weighted by Crippen LogP contribution is -2.67. The van der Waals surface area contributed by atoms with Crippen molar-refractivity contribution in [2.75, 3.05) is 4.90 Å². The fourth-order valence-corrected chi connectivity index (χ4v) is 5.86. The first-order valence-electron chi connectivity index (χ1n) is 8.59. The van der Waals surface area contributed by atoms with Gasteiger partial charge in [0.1, 0.15) is 10.8 Å². The molecular formula is C22H16ClNOS. The van der Waals surface area contributed by atoms with Crippen LogP contribution in [0.2, 0.25) is 5.02 Å². The van der Waals surface area contributed by atoms with E-state index in [1.165, 1.54) is 5.56 Å². The first-order valence-corrected chi connectivity index (χ1v) is 9.95. The fraction of sp³-hybridized carbons (Fsp3) is 0.136. The number of hydrogen-bond acceptors (Lipinski definition) is 2. The lowest BCUT2D eigenvalue weighted by atomic mass is 9.76. The van der Waals surface area contributed by atoms with Crippen LogP contribution in [-0.4, -0.2) is 5.91 Å². The van der Waals surface area contributed by atoms with E-state index in [-0.39, 0.29) is 11.8 Å². The Hall–Kier alpha value is -2.23. The zero-order valence-electron chi connectivity index (χ0n) is 13.9. The Morgan fingerprint density at radius 2 is 1.62 bits per heavy atom. The van der Waals surface area contributed by atoms with E-state index in [1.807, 2.05) is 59.1 Å². The van der Waals surface area contributed by atoms with E-state index in [0.29, 0.717) is 5.02 Å². The average molecular weight is 378 g/mol. The molecule has 1 fully saturated rings. The normalized spacial score (nSPS) is 23.8. The lowest BCUT2D eigenvalue weighted by Gasteiger charge is -2.59. The first kappa shape index (κ1) is 16.0. The van der Waals surface area contributed by atoms with Crippen LogP contribution in [-0.2, 0) is 15.4 Å². The summed E-state index contributed by atoms with van der Waals surface area (Å²) < 4.78 is 0. The molecule has 0 aliphatic carbocycles. The topological polar surface area (TPSA) is 20.3 Å². The highest BCUT2D eigenvalue weighted by Gasteiger charge is 2.64. The molecule has 3 aromatic carbocycles. The van der Waals surface area contributed by atoms with Crippen LogP contribution in [0.5, 0.6) is 0 Å². The Morgan fingerprint density at radius 3 is 2.38 bits per heavy atom. The molecule has 2 atom stereocenters. The van der Waals surface area contributed by atoms with E-state index in [0.717, 1.165) is 22.6 Å². The number of anilines is 1. The minimum Gasteiger partial charge on any atom is -0.291 e. The molecule has 0 bridgehead atoms.